The lowest BCUT2D eigenvalue weighted by atomic mass is 10.1. The third-order valence-electron chi connectivity index (χ3n) is 3.76. The van der Waals surface area contributed by atoms with E-state index in [-0.39, 0.29) is 0 Å². The van der Waals surface area contributed by atoms with Crippen molar-refractivity contribution in [2.45, 2.75) is 33.9 Å². The van der Waals surface area contributed by atoms with Gasteiger partial charge >= 0.3 is 0 Å². The Kier molecular flexibility index (Phi) is 4.04. The molecule has 0 saturated heterocycles. The summed E-state index contributed by atoms with van der Waals surface area (Å²) in [4.78, 5) is 7.41. The third kappa shape index (κ3) is 3.14. The average Bonchev–Trinajstić information content (AvgIpc) is 2.77. The molecule has 0 saturated carbocycles. The highest BCUT2D eigenvalue weighted by atomic mass is 32.1. The predicted molar refractivity (Wildman–Crippen MR) is 90.8 cm³/mol. The Morgan fingerprint density at radius 3 is 2.62 bits per heavy atom. The molecule has 0 amide bonds. The molecular formula is C18H20N2S. The molecule has 108 valence electrons. The molecule has 0 fully saturated rings. The second-order valence-corrected chi connectivity index (χ2v) is 6.84. The van der Waals surface area contributed by atoms with Gasteiger partial charge in [0.05, 0.1) is 5.52 Å². The molecule has 0 atom stereocenters. The van der Waals surface area contributed by atoms with E-state index < -0.39 is 0 Å². The zero-order valence-electron chi connectivity index (χ0n) is 12.7. The van der Waals surface area contributed by atoms with Crippen LogP contribution in [0.1, 0.15) is 26.6 Å². The van der Waals surface area contributed by atoms with Crippen molar-refractivity contribution < 1.29 is 0 Å². The van der Waals surface area contributed by atoms with Gasteiger partial charge in [0.15, 0.2) is 0 Å². The van der Waals surface area contributed by atoms with Gasteiger partial charge in [0.25, 0.3) is 0 Å². The molecule has 0 bridgehead atoms. The van der Waals surface area contributed by atoms with Crippen molar-refractivity contribution in [3.05, 3.63) is 63.0 Å². The van der Waals surface area contributed by atoms with Gasteiger partial charge in [0, 0.05) is 33.9 Å². The first kappa shape index (κ1) is 14.2. The van der Waals surface area contributed by atoms with Gasteiger partial charge in [-0.3, -0.25) is 4.98 Å². The molecular weight excluding hydrogens is 276 g/mol. The lowest BCUT2D eigenvalue weighted by molar-refractivity contribution is 0.703. The smallest absolute Gasteiger partial charge is 0.0708 e. The normalized spacial score (nSPS) is 11.2. The first-order valence-corrected chi connectivity index (χ1v) is 8.07. The van der Waals surface area contributed by atoms with Crippen LogP contribution in [0.2, 0.25) is 0 Å². The highest BCUT2D eigenvalue weighted by molar-refractivity contribution is 7.12. The van der Waals surface area contributed by atoms with Gasteiger partial charge in [0.1, 0.15) is 0 Å². The van der Waals surface area contributed by atoms with Crippen molar-refractivity contribution in [3.63, 3.8) is 0 Å². The summed E-state index contributed by atoms with van der Waals surface area (Å²) in [5.74, 6) is 0. The summed E-state index contributed by atoms with van der Waals surface area (Å²) in [6.45, 7) is 8.22. The number of nitrogens with zero attached hydrogens (tertiary/aromatic N) is 1. The van der Waals surface area contributed by atoms with Crippen LogP contribution in [0, 0.1) is 20.8 Å². The summed E-state index contributed by atoms with van der Waals surface area (Å²) in [5, 5.41) is 4.81. The Morgan fingerprint density at radius 1 is 1.05 bits per heavy atom. The molecule has 0 radical (unpaired) electrons. The number of thiophene rings is 1. The van der Waals surface area contributed by atoms with E-state index in [0.717, 1.165) is 24.3 Å². The first-order chi connectivity index (χ1) is 10.1. The van der Waals surface area contributed by atoms with Crippen LogP contribution in [0.3, 0.4) is 0 Å². The van der Waals surface area contributed by atoms with E-state index in [1.807, 2.05) is 17.4 Å². The molecule has 1 aromatic carbocycles. The van der Waals surface area contributed by atoms with Crippen molar-refractivity contribution in [1.29, 1.82) is 0 Å². The van der Waals surface area contributed by atoms with Gasteiger partial charge < -0.3 is 5.32 Å². The van der Waals surface area contributed by atoms with Gasteiger partial charge in [0.2, 0.25) is 0 Å². The summed E-state index contributed by atoms with van der Waals surface area (Å²) in [5.41, 5.74) is 4.87. The predicted octanol–water partition coefficient (Wildman–Crippen LogP) is 4.51. The monoisotopic (exact) mass is 296 g/mol. The largest absolute Gasteiger partial charge is 0.308 e. The van der Waals surface area contributed by atoms with E-state index in [1.54, 1.807) is 0 Å². The fourth-order valence-electron chi connectivity index (χ4n) is 2.60. The van der Waals surface area contributed by atoms with E-state index in [4.69, 9.17) is 0 Å². The van der Waals surface area contributed by atoms with Crippen LogP contribution in [0.15, 0.2) is 36.4 Å². The number of benzene rings is 1. The highest BCUT2D eigenvalue weighted by Crippen LogP contribution is 2.21. The van der Waals surface area contributed by atoms with Crippen LogP contribution in [-0.4, -0.2) is 4.98 Å². The van der Waals surface area contributed by atoms with Gasteiger partial charge in [-0.1, -0.05) is 18.2 Å². The van der Waals surface area contributed by atoms with Crippen molar-refractivity contribution in [1.82, 2.24) is 10.3 Å². The van der Waals surface area contributed by atoms with Crippen molar-refractivity contribution >= 4 is 22.2 Å². The maximum absolute atomic E-state index is 4.59. The fourth-order valence-corrected chi connectivity index (χ4v) is 3.62. The fraction of sp³-hybridized carbons (Fsp3) is 0.278. The van der Waals surface area contributed by atoms with E-state index in [1.165, 1.54) is 26.3 Å². The SMILES string of the molecule is Cc1cc(CNCc2cc(C)c(C)s2)c2ccccc2n1. The molecule has 3 heteroatoms. The molecule has 2 heterocycles. The highest BCUT2D eigenvalue weighted by Gasteiger charge is 2.05. The van der Waals surface area contributed by atoms with Crippen LogP contribution in [-0.2, 0) is 13.1 Å². The Labute approximate surface area is 129 Å². The molecule has 1 N–H and O–H groups in total. The maximum Gasteiger partial charge on any atom is 0.0708 e. The topological polar surface area (TPSA) is 24.9 Å². The summed E-state index contributed by atoms with van der Waals surface area (Å²) < 4.78 is 0. The van der Waals surface area contributed by atoms with Gasteiger partial charge in [-0.2, -0.15) is 0 Å². The number of para-hydroxylation sites is 1. The number of hydrogen-bond acceptors (Lipinski definition) is 3. The molecule has 3 rings (SSSR count). The molecule has 21 heavy (non-hydrogen) atoms. The summed E-state index contributed by atoms with van der Waals surface area (Å²) in [6, 6.07) is 12.8. The Morgan fingerprint density at radius 2 is 1.86 bits per heavy atom. The third-order valence-corrected chi connectivity index (χ3v) is 4.91. The number of aryl methyl sites for hydroxylation is 3. The maximum atomic E-state index is 4.59. The summed E-state index contributed by atoms with van der Waals surface area (Å²) >= 11 is 1.88. The minimum Gasteiger partial charge on any atom is -0.308 e. The quantitative estimate of drug-likeness (QED) is 0.766. The molecule has 0 aliphatic rings. The molecule has 2 aromatic heterocycles. The first-order valence-electron chi connectivity index (χ1n) is 7.25. The van der Waals surface area contributed by atoms with E-state index >= 15 is 0 Å². The van der Waals surface area contributed by atoms with Gasteiger partial charge in [-0.15, -0.1) is 11.3 Å². The van der Waals surface area contributed by atoms with E-state index in [0.29, 0.717) is 0 Å². The minimum atomic E-state index is 0.875. The molecule has 0 spiro atoms. The number of hydrogen-bond donors (Lipinski definition) is 1. The van der Waals surface area contributed by atoms with E-state index in [2.05, 4.69) is 61.4 Å². The van der Waals surface area contributed by atoms with Gasteiger partial charge in [-0.05, 0) is 50.1 Å². The average molecular weight is 296 g/mol. The summed E-state index contributed by atoms with van der Waals surface area (Å²) in [6.07, 6.45) is 0. The second-order valence-electron chi connectivity index (χ2n) is 5.50. The number of aromatic nitrogens is 1. The molecule has 0 aliphatic carbocycles. The van der Waals surface area contributed by atoms with Crippen LogP contribution in [0.5, 0.6) is 0 Å². The Balaban J connectivity index is 1.76. The Hall–Kier alpha value is -1.71. The standard InChI is InChI=1S/C18H20N2S/c1-12-8-16(21-14(12)3)11-19-10-15-9-13(2)20-18-7-5-4-6-17(15)18/h4-9,19H,10-11H2,1-3H3. The second kappa shape index (κ2) is 5.96. The van der Waals surface area contributed by atoms with Crippen LogP contribution >= 0.6 is 11.3 Å². The van der Waals surface area contributed by atoms with Crippen molar-refractivity contribution in [2.24, 2.45) is 0 Å². The molecule has 0 aliphatic heterocycles. The van der Waals surface area contributed by atoms with Crippen LogP contribution < -0.4 is 5.32 Å². The molecule has 3 aromatic rings. The lowest BCUT2D eigenvalue weighted by Gasteiger charge is -2.08. The van der Waals surface area contributed by atoms with Crippen molar-refractivity contribution in [2.75, 3.05) is 0 Å². The number of fused-ring (bicyclic) bond motifs is 1. The van der Waals surface area contributed by atoms with Crippen LogP contribution in [0.4, 0.5) is 0 Å². The number of nitrogens with one attached hydrogen (secondary N) is 1. The zero-order chi connectivity index (χ0) is 14.8. The number of pyridine rings is 1. The molecule has 2 nitrogen and oxygen atoms in total. The Bertz CT molecular complexity index is 754. The van der Waals surface area contributed by atoms with Gasteiger partial charge in [-0.25, -0.2) is 0 Å². The minimum absolute atomic E-state index is 0.875. The zero-order valence-corrected chi connectivity index (χ0v) is 13.6. The summed E-state index contributed by atoms with van der Waals surface area (Å²) in [7, 11) is 0. The number of rotatable bonds is 4. The van der Waals surface area contributed by atoms with Crippen LogP contribution in [0.25, 0.3) is 10.9 Å². The van der Waals surface area contributed by atoms with Crippen molar-refractivity contribution in [3.8, 4) is 0 Å². The lowest BCUT2D eigenvalue weighted by Crippen LogP contribution is -2.12. The molecule has 0 unspecified atom stereocenters. The van der Waals surface area contributed by atoms with E-state index in [9.17, 15) is 0 Å².